The summed E-state index contributed by atoms with van der Waals surface area (Å²) in [6.07, 6.45) is 2.84. The molecule has 1 fully saturated rings. The molecule has 0 saturated carbocycles. The molecule has 3 rings (SSSR count). The van der Waals surface area contributed by atoms with E-state index in [4.69, 9.17) is 0 Å². The minimum absolute atomic E-state index is 0.0581. The smallest absolute Gasteiger partial charge is 0.243 e. The molecule has 0 unspecified atom stereocenters. The number of rotatable bonds is 8. The molecule has 1 saturated heterocycles. The molecule has 0 radical (unpaired) electrons. The van der Waals surface area contributed by atoms with E-state index in [-0.39, 0.29) is 23.4 Å². The van der Waals surface area contributed by atoms with E-state index in [0.717, 1.165) is 24.8 Å². The molecule has 0 aliphatic carbocycles. The van der Waals surface area contributed by atoms with Crippen LogP contribution in [0.5, 0.6) is 0 Å². The van der Waals surface area contributed by atoms with Crippen LogP contribution in [0.1, 0.15) is 44.7 Å². The first-order valence-electron chi connectivity index (χ1n) is 10.6. The third-order valence-corrected chi connectivity index (χ3v) is 7.27. The Morgan fingerprint density at radius 1 is 1.00 bits per heavy atom. The first kappa shape index (κ1) is 22.5. The summed E-state index contributed by atoms with van der Waals surface area (Å²) < 4.78 is 27.3. The summed E-state index contributed by atoms with van der Waals surface area (Å²) in [5, 5.41) is 6.13. The van der Waals surface area contributed by atoms with Gasteiger partial charge in [-0.2, -0.15) is 4.31 Å². The quantitative estimate of drug-likeness (QED) is 0.669. The molecule has 2 aromatic carbocycles. The number of piperidine rings is 1. The molecule has 0 bridgehead atoms. The second kappa shape index (κ2) is 10.2. The summed E-state index contributed by atoms with van der Waals surface area (Å²) in [6, 6.07) is 16.6. The van der Waals surface area contributed by atoms with Crippen molar-refractivity contribution in [3.8, 4) is 0 Å². The molecular formula is C23H31N3O3S. The summed E-state index contributed by atoms with van der Waals surface area (Å²) in [4.78, 5) is 12.7. The van der Waals surface area contributed by atoms with Crippen LogP contribution >= 0.6 is 0 Å². The van der Waals surface area contributed by atoms with Crippen molar-refractivity contribution in [2.45, 2.75) is 44.0 Å². The highest BCUT2D eigenvalue weighted by atomic mass is 32.2. The highest BCUT2D eigenvalue weighted by Crippen LogP contribution is 2.23. The molecule has 1 aliphatic heterocycles. The zero-order valence-corrected chi connectivity index (χ0v) is 18.5. The molecule has 2 N–H and O–H groups in total. The Labute approximate surface area is 179 Å². The Morgan fingerprint density at radius 2 is 1.70 bits per heavy atom. The maximum atomic E-state index is 12.9. The average molecular weight is 430 g/mol. The van der Waals surface area contributed by atoms with E-state index in [2.05, 4.69) is 24.5 Å². The maximum absolute atomic E-state index is 12.9. The van der Waals surface area contributed by atoms with E-state index in [1.54, 1.807) is 24.3 Å². The Bertz CT molecular complexity index is 939. The lowest BCUT2D eigenvalue weighted by atomic mass is 9.96. The first-order valence-corrected chi connectivity index (χ1v) is 12.0. The lowest BCUT2D eigenvalue weighted by Crippen LogP contribution is -2.35. The minimum atomic E-state index is -3.53. The van der Waals surface area contributed by atoms with E-state index in [1.165, 1.54) is 4.31 Å². The standard InChI is InChI=1S/C23H31N3O3S/c1-18(2)23(19-10-5-3-6-11-19)24-17-22(27)25-20-12-9-13-21(16-20)30(28,29)26-14-7-4-8-15-26/h3,5-6,9-13,16,18,23-24H,4,7-8,14-15,17H2,1-2H3,(H,25,27)/t23-/m0/s1. The predicted molar refractivity (Wildman–Crippen MR) is 120 cm³/mol. The van der Waals surface area contributed by atoms with Gasteiger partial charge < -0.3 is 10.6 Å². The summed E-state index contributed by atoms with van der Waals surface area (Å²) >= 11 is 0. The fourth-order valence-corrected chi connectivity index (χ4v) is 5.36. The number of nitrogens with one attached hydrogen (secondary N) is 2. The number of sulfonamides is 1. The van der Waals surface area contributed by atoms with E-state index < -0.39 is 10.0 Å². The van der Waals surface area contributed by atoms with Crippen molar-refractivity contribution in [1.29, 1.82) is 0 Å². The van der Waals surface area contributed by atoms with Crippen LogP contribution in [0.15, 0.2) is 59.5 Å². The Kier molecular flexibility index (Phi) is 7.64. The van der Waals surface area contributed by atoms with Crippen LogP contribution in [-0.4, -0.2) is 38.3 Å². The van der Waals surface area contributed by atoms with Gasteiger partial charge in [0.05, 0.1) is 11.4 Å². The fourth-order valence-electron chi connectivity index (χ4n) is 3.80. The van der Waals surface area contributed by atoms with E-state index in [0.29, 0.717) is 24.7 Å². The largest absolute Gasteiger partial charge is 0.325 e. The Balaban J connectivity index is 1.63. The lowest BCUT2D eigenvalue weighted by Gasteiger charge is -2.26. The summed E-state index contributed by atoms with van der Waals surface area (Å²) in [5.41, 5.74) is 1.62. The normalized spacial score (nSPS) is 16.4. The van der Waals surface area contributed by atoms with Crippen LogP contribution in [0.25, 0.3) is 0 Å². The second-order valence-corrected chi connectivity index (χ2v) is 9.99. The highest BCUT2D eigenvalue weighted by molar-refractivity contribution is 7.89. The third kappa shape index (κ3) is 5.68. The molecule has 7 heteroatoms. The van der Waals surface area contributed by atoms with Gasteiger partial charge in [-0.1, -0.05) is 56.7 Å². The van der Waals surface area contributed by atoms with E-state index in [1.807, 2.05) is 30.3 Å². The molecule has 6 nitrogen and oxygen atoms in total. The summed E-state index contributed by atoms with van der Waals surface area (Å²) in [7, 11) is -3.53. The number of anilines is 1. The zero-order valence-electron chi connectivity index (χ0n) is 17.7. The van der Waals surface area contributed by atoms with Gasteiger partial charge in [0.1, 0.15) is 0 Å². The van der Waals surface area contributed by atoms with Gasteiger partial charge in [-0.25, -0.2) is 8.42 Å². The van der Waals surface area contributed by atoms with Gasteiger partial charge in [0.25, 0.3) is 0 Å². The summed E-state index contributed by atoms with van der Waals surface area (Å²) in [6.45, 7) is 5.47. The lowest BCUT2D eigenvalue weighted by molar-refractivity contribution is -0.115. The molecule has 30 heavy (non-hydrogen) atoms. The first-order chi connectivity index (χ1) is 14.4. The van der Waals surface area contributed by atoms with Gasteiger partial charge in [-0.15, -0.1) is 0 Å². The van der Waals surface area contributed by atoms with Crippen molar-refractivity contribution in [2.24, 2.45) is 5.92 Å². The van der Waals surface area contributed by atoms with Crippen LogP contribution in [0.3, 0.4) is 0 Å². The van der Waals surface area contributed by atoms with E-state index in [9.17, 15) is 13.2 Å². The third-order valence-electron chi connectivity index (χ3n) is 5.38. The minimum Gasteiger partial charge on any atom is -0.325 e. The van der Waals surface area contributed by atoms with Crippen LogP contribution in [-0.2, 0) is 14.8 Å². The van der Waals surface area contributed by atoms with Crippen molar-refractivity contribution >= 4 is 21.6 Å². The van der Waals surface area contributed by atoms with Crippen molar-refractivity contribution in [3.05, 3.63) is 60.2 Å². The molecule has 1 heterocycles. The second-order valence-electron chi connectivity index (χ2n) is 8.05. The van der Waals surface area contributed by atoms with Gasteiger partial charge in [-0.05, 0) is 42.5 Å². The molecule has 0 spiro atoms. The van der Waals surface area contributed by atoms with Crippen LogP contribution in [0, 0.1) is 5.92 Å². The van der Waals surface area contributed by atoms with Gasteiger partial charge in [0.2, 0.25) is 15.9 Å². The van der Waals surface area contributed by atoms with Crippen molar-refractivity contribution in [2.75, 3.05) is 25.0 Å². The highest BCUT2D eigenvalue weighted by Gasteiger charge is 2.26. The molecule has 1 atom stereocenters. The predicted octanol–water partition coefficient (Wildman–Crippen LogP) is 3.79. The number of hydrogen-bond acceptors (Lipinski definition) is 4. The van der Waals surface area contributed by atoms with Crippen molar-refractivity contribution in [3.63, 3.8) is 0 Å². The van der Waals surface area contributed by atoms with Crippen molar-refractivity contribution < 1.29 is 13.2 Å². The van der Waals surface area contributed by atoms with Gasteiger partial charge in [0.15, 0.2) is 0 Å². The van der Waals surface area contributed by atoms with Gasteiger partial charge >= 0.3 is 0 Å². The number of hydrogen-bond donors (Lipinski definition) is 2. The van der Waals surface area contributed by atoms with Crippen LogP contribution < -0.4 is 10.6 Å². The summed E-state index contributed by atoms with van der Waals surface area (Å²) in [5.74, 6) is 0.113. The number of nitrogens with zero attached hydrogens (tertiary/aromatic N) is 1. The Hall–Kier alpha value is -2.22. The number of amides is 1. The van der Waals surface area contributed by atoms with Gasteiger partial charge in [-0.3, -0.25) is 4.79 Å². The topological polar surface area (TPSA) is 78.5 Å². The number of benzene rings is 2. The average Bonchev–Trinajstić information content (AvgIpc) is 2.75. The van der Waals surface area contributed by atoms with Gasteiger partial charge in [0, 0.05) is 24.8 Å². The molecule has 1 amide bonds. The SMILES string of the molecule is CC(C)[C@H](NCC(=O)Nc1cccc(S(=O)(=O)N2CCCCC2)c1)c1ccccc1. The Morgan fingerprint density at radius 3 is 2.37 bits per heavy atom. The molecule has 1 aliphatic rings. The fraction of sp³-hybridized carbons (Fsp3) is 0.435. The molecule has 0 aromatic heterocycles. The monoisotopic (exact) mass is 429 g/mol. The maximum Gasteiger partial charge on any atom is 0.243 e. The zero-order chi connectivity index (χ0) is 21.6. The number of carbonyl (C=O) groups is 1. The van der Waals surface area contributed by atoms with E-state index >= 15 is 0 Å². The van der Waals surface area contributed by atoms with Crippen LogP contribution in [0.4, 0.5) is 5.69 Å². The van der Waals surface area contributed by atoms with Crippen LogP contribution in [0.2, 0.25) is 0 Å². The molecule has 162 valence electrons. The number of carbonyl (C=O) groups excluding carboxylic acids is 1. The molecular weight excluding hydrogens is 398 g/mol. The van der Waals surface area contributed by atoms with Crippen molar-refractivity contribution in [1.82, 2.24) is 9.62 Å². The molecule has 2 aromatic rings.